The topological polar surface area (TPSA) is 30.2 Å². The molecule has 1 aromatic carbocycles. The summed E-state index contributed by atoms with van der Waals surface area (Å²) >= 11 is 1.38. The zero-order valence-electron chi connectivity index (χ0n) is 14.6. The van der Waals surface area contributed by atoms with Gasteiger partial charge in [-0.25, -0.2) is 9.98 Å². The number of hydrogen-bond acceptors (Lipinski definition) is 3. The van der Waals surface area contributed by atoms with Crippen LogP contribution in [-0.2, 0) is 11.6 Å². The third kappa shape index (κ3) is 3.88. The average molecular weight is 377 g/mol. The lowest BCUT2D eigenvalue weighted by Gasteiger charge is -2.21. The molecule has 0 aliphatic heterocycles. The molecule has 0 atom stereocenters. The van der Waals surface area contributed by atoms with Gasteiger partial charge in [0.1, 0.15) is 0 Å². The van der Waals surface area contributed by atoms with Gasteiger partial charge in [0.25, 0.3) is 0 Å². The highest BCUT2D eigenvalue weighted by Crippen LogP contribution is 2.32. The van der Waals surface area contributed by atoms with Crippen molar-refractivity contribution in [2.75, 3.05) is 0 Å². The van der Waals surface area contributed by atoms with E-state index in [1.807, 2.05) is 32.2 Å². The van der Waals surface area contributed by atoms with E-state index >= 15 is 0 Å². The van der Waals surface area contributed by atoms with E-state index in [1.54, 1.807) is 29.0 Å². The second kappa shape index (κ2) is 6.72. The maximum absolute atomic E-state index is 13.2. The van der Waals surface area contributed by atoms with Gasteiger partial charge in [0.2, 0.25) is 0 Å². The van der Waals surface area contributed by atoms with Crippen molar-refractivity contribution >= 4 is 17.2 Å². The normalized spacial score (nSPS) is 13.2. The summed E-state index contributed by atoms with van der Waals surface area (Å²) in [5.74, 6) is 0.510. The van der Waals surface area contributed by atoms with Crippen LogP contribution in [0.25, 0.3) is 5.69 Å². The minimum atomic E-state index is -4.40. The predicted octanol–water partition coefficient (Wildman–Crippen LogP) is 5.48. The molecular formula is C19H18F3N3S. The Morgan fingerprint density at radius 3 is 2.42 bits per heavy atom. The minimum Gasteiger partial charge on any atom is -0.289 e. The van der Waals surface area contributed by atoms with Gasteiger partial charge in [-0.15, -0.1) is 11.3 Å². The third-order valence-corrected chi connectivity index (χ3v) is 4.59. The molecule has 136 valence electrons. The van der Waals surface area contributed by atoms with Crippen molar-refractivity contribution in [1.82, 2.24) is 9.55 Å². The van der Waals surface area contributed by atoms with E-state index in [4.69, 9.17) is 0 Å². The number of nitrogens with zero attached hydrogens (tertiary/aromatic N) is 3. The number of rotatable bonds is 2. The molecule has 0 amide bonds. The highest BCUT2D eigenvalue weighted by atomic mass is 32.1. The van der Waals surface area contributed by atoms with E-state index in [1.165, 1.54) is 17.4 Å². The second-order valence-corrected chi connectivity index (χ2v) is 7.67. The molecular weight excluding hydrogens is 359 g/mol. The van der Waals surface area contributed by atoms with Crippen LogP contribution < -0.4 is 4.80 Å². The molecule has 0 spiro atoms. The molecule has 26 heavy (non-hydrogen) atoms. The molecule has 0 bridgehead atoms. The Balaban J connectivity index is 2.26. The van der Waals surface area contributed by atoms with Gasteiger partial charge in [0.05, 0.1) is 5.56 Å². The summed E-state index contributed by atoms with van der Waals surface area (Å²) in [6.07, 6.45) is -2.77. The first-order chi connectivity index (χ1) is 12.2. The Bertz CT molecular complexity index is 964. The maximum Gasteiger partial charge on any atom is 0.416 e. The molecule has 0 radical (unpaired) electrons. The number of pyridine rings is 1. The molecule has 0 unspecified atom stereocenters. The third-order valence-electron chi connectivity index (χ3n) is 3.77. The molecule has 0 aliphatic rings. The van der Waals surface area contributed by atoms with Crippen molar-refractivity contribution in [1.29, 1.82) is 0 Å². The van der Waals surface area contributed by atoms with Crippen LogP contribution in [0.4, 0.5) is 19.0 Å². The van der Waals surface area contributed by atoms with Crippen LogP contribution in [0.5, 0.6) is 0 Å². The van der Waals surface area contributed by atoms with Gasteiger partial charge in [0.15, 0.2) is 10.6 Å². The number of hydrogen-bond donors (Lipinski definition) is 0. The molecule has 3 rings (SSSR count). The Morgan fingerprint density at radius 2 is 1.81 bits per heavy atom. The van der Waals surface area contributed by atoms with Crippen molar-refractivity contribution in [3.8, 4) is 5.69 Å². The van der Waals surface area contributed by atoms with Crippen LogP contribution >= 0.6 is 11.3 Å². The SMILES string of the molecule is CC(C)(C)c1csc(=Nc2ccccn2)n1-c1cccc(C(F)(F)F)c1. The number of halogens is 3. The molecule has 0 aliphatic carbocycles. The highest BCUT2D eigenvalue weighted by Gasteiger charge is 2.31. The van der Waals surface area contributed by atoms with E-state index in [0.717, 1.165) is 17.8 Å². The number of benzene rings is 1. The molecule has 0 saturated heterocycles. The lowest BCUT2D eigenvalue weighted by Crippen LogP contribution is -2.23. The molecule has 3 aromatic rings. The van der Waals surface area contributed by atoms with Gasteiger partial charge in [-0.2, -0.15) is 13.2 Å². The van der Waals surface area contributed by atoms with E-state index in [9.17, 15) is 13.2 Å². The van der Waals surface area contributed by atoms with Crippen LogP contribution in [0.2, 0.25) is 0 Å². The lowest BCUT2D eigenvalue weighted by molar-refractivity contribution is -0.137. The number of aromatic nitrogens is 2. The van der Waals surface area contributed by atoms with Crippen LogP contribution in [-0.4, -0.2) is 9.55 Å². The summed E-state index contributed by atoms with van der Waals surface area (Å²) in [7, 11) is 0. The maximum atomic E-state index is 13.2. The summed E-state index contributed by atoms with van der Waals surface area (Å²) in [6, 6.07) is 10.7. The number of thiazole rings is 1. The second-order valence-electron chi connectivity index (χ2n) is 6.84. The first-order valence-corrected chi connectivity index (χ1v) is 8.88. The van der Waals surface area contributed by atoms with Crippen LogP contribution in [0.15, 0.2) is 59.0 Å². The van der Waals surface area contributed by atoms with Gasteiger partial charge in [0, 0.05) is 28.4 Å². The number of alkyl halides is 3. The Kier molecular flexibility index (Phi) is 4.75. The van der Waals surface area contributed by atoms with Crippen LogP contribution in [0.1, 0.15) is 32.0 Å². The van der Waals surface area contributed by atoms with Crippen LogP contribution in [0, 0.1) is 0 Å². The fourth-order valence-corrected chi connectivity index (χ4v) is 3.63. The zero-order chi connectivity index (χ0) is 18.9. The van der Waals surface area contributed by atoms with Gasteiger partial charge in [-0.3, -0.25) is 4.57 Å². The molecule has 3 nitrogen and oxygen atoms in total. The van der Waals surface area contributed by atoms with E-state index in [2.05, 4.69) is 9.98 Å². The summed E-state index contributed by atoms with van der Waals surface area (Å²) in [6.45, 7) is 6.05. The molecule has 2 aromatic heterocycles. The molecule has 7 heteroatoms. The summed E-state index contributed by atoms with van der Waals surface area (Å²) < 4.78 is 41.2. The molecule has 0 N–H and O–H groups in total. The molecule has 2 heterocycles. The van der Waals surface area contributed by atoms with Crippen molar-refractivity contribution in [2.45, 2.75) is 32.4 Å². The first kappa shape index (κ1) is 18.4. The summed E-state index contributed by atoms with van der Waals surface area (Å²) in [5.41, 5.74) is 0.373. The molecule has 0 saturated carbocycles. The van der Waals surface area contributed by atoms with Crippen molar-refractivity contribution in [3.63, 3.8) is 0 Å². The zero-order valence-corrected chi connectivity index (χ0v) is 15.4. The van der Waals surface area contributed by atoms with Gasteiger partial charge >= 0.3 is 6.18 Å². The highest BCUT2D eigenvalue weighted by molar-refractivity contribution is 7.07. The van der Waals surface area contributed by atoms with E-state index < -0.39 is 11.7 Å². The Morgan fingerprint density at radius 1 is 1.04 bits per heavy atom. The summed E-state index contributed by atoms with van der Waals surface area (Å²) in [4.78, 5) is 9.29. The van der Waals surface area contributed by atoms with E-state index in [-0.39, 0.29) is 5.41 Å². The first-order valence-electron chi connectivity index (χ1n) is 8.01. The van der Waals surface area contributed by atoms with Crippen LogP contribution in [0.3, 0.4) is 0 Å². The minimum absolute atomic E-state index is 0.261. The molecule has 0 fully saturated rings. The van der Waals surface area contributed by atoms with Gasteiger partial charge in [-0.05, 0) is 30.3 Å². The predicted molar refractivity (Wildman–Crippen MR) is 96.8 cm³/mol. The van der Waals surface area contributed by atoms with Gasteiger partial charge < -0.3 is 0 Å². The fourth-order valence-electron chi connectivity index (χ4n) is 2.49. The van der Waals surface area contributed by atoms with Crippen molar-refractivity contribution in [2.24, 2.45) is 4.99 Å². The van der Waals surface area contributed by atoms with E-state index in [0.29, 0.717) is 16.3 Å². The quantitative estimate of drug-likeness (QED) is 0.581. The van der Waals surface area contributed by atoms with Crippen molar-refractivity contribution in [3.05, 3.63) is 70.1 Å². The van der Waals surface area contributed by atoms with Crippen molar-refractivity contribution < 1.29 is 13.2 Å². The fraction of sp³-hybridized carbons (Fsp3) is 0.263. The summed E-state index contributed by atoms with van der Waals surface area (Å²) in [5, 5.41) is 1.93. The van der Waals surface area contributed by atoms with Gasteiger partial charge in [-0.1, -0.05) is 32.9 Å². The Hall–Kier alpha value is -2.41. The smallest absolute Gasteiger partial charge is 0.289 e. The largest absolute Gasteiger partial charge is 0.416 e. The average Bonchev–Trinajstić information content (AvgIpc) is 2.99. The standard InChI is InChI=1S/C19H18F3N3S/c1-18(2,3)15-12-26-17(24-16-9-4-5-10-23-16)25(15)14-8-6-7-13(11-14)19(20,21)22/h4-12H,1-3H3. The monoisotopic (exact) mass is 377 g/mol. The lowest BCUT2D eigenvalue weighted by atomic mass is 9.92. The Labute approximate surface area is 153 Å².